The van der Waals surface area contributed by atoms with Crippen LogP contribution in [-0.2, 0) is 0 Å². The van der Waals surface area contributed by atoms with Crippen LogP contribution in [0.1, 0.15) is 23.1 Å². The summed E-state index contributed by atoms with van der Waals surface area (Å²) in [5.74, 6) is 2.76. The van der Waals surface area contributed by atoms with Gasteiger partial charge in [-0.3, -0.25) is 9.36 Å². The van der Waals surface area contributed by atoms with Crippen LogP contribution in [0.15, 0.2) is 85.5 Å². The Morgan fingerprint density at radius 2 is 1.83 bits per heavy atom. The van der Waals surface area contributed by atoms with E-state index < -0.39 is 0 Å². The summed E-state index contributed by atoms with van der Waals surface area (Å²) in [7, 11) is 0. The van der Waals surface area contributed by atoms with Gasteiger partial charge in [-0.2, -0.15) is 0 Å². The van der Waals surface area contributed by atoms with Crippen molar-refractivity contribution in [3.05, 3.63) is 96.8 Å². The molecule has 0 fully saturated rings. The maximum absolute atomic E-state index is 13.2. The number of ether oxygens (including phenoxy) is 2. The van der Waals surface area contributed by atoms with Crippen molar-refractivity contribution in [2.45, 2.75) is 13.8 Å². The summed E-state index contributed by atoms with van der Waals surface area (Å²) in [5.41, 5.74) is 1.14. The van der Waals surface area contributed by atoms with Gasteiger partial charge in [0.25, 0.3) is 5.91 Å². The highest BCUT2D eigenvalue weighted by Crippen LogP contribution is 2.30. The second-order valence-corrected chi connectivity index (χ2v) is 7.73. The molecule has 1 amide bonds. The molecule has 0 radical (unpaired) electrons. The third-order valence-corrected chi connectivity index (χ3v) is 5.45. The van der Waals surface area contributed by atoms with E-state index in [0.29, 0.717) is 41.1 Å². The van der Waals surface area contributed by atoms with E-state index in [-0.39, 0.29) is 5.91 Å². The summed E-state index contributed by atoms with van der Waals surface area (Å²) in [6, 6.07) is 20.4. The lowest BCUT2D eigenvalue weighted by atomic mass is 10.0. The Kier molecular flexibility index (Phi) is 6.09. The monoisotopic (exact) mass is 465 g/mol. The van der Waals surface area contributed by atoms with E-state index >= 15 is 0 Å². The predicted molar refractivity (Wildman–Crippen MR) is 133 cm³/mol. The number of amides is 1. The SMILES string of the molecule is CCOc1ccc2ccccc2c1C(=O)Nc1ccc(Oc2cc(-n3ccnc3C)ncn2)cc1. The number of nitrogens with zero attached hydrogens (tertiary/aromatic N) is 4. The van der Waals surface area contributed by atoms with E-state index in [1.807, 2.05) is 61.0 Å². The van der Waals surface area contributed by atoms with Crippen LogP contribution in [-0.4, -0.2) is 32.0 Å². The Bertz CT molecular complexity index is 1490. The molecule has 0 spiro atoms. The molecule has 5 rings (SSSR count). The molecule has 0 bridgehead atoms. The standard InChI is InChI=1S/C27H23N5O3/c1-3-34-23-13-8-19-6-4-5-7-22(19)26(23)27(33)31-20-9-11-21(12-10-20)35-25-16-24(29-17-30-25)32-15-14-28-18(32)2/h4-17H,3H2,1-2H3,(H,31,33). The quantitative estimate of drug-likeness (QED) is 0.338. The molecule has 2 aromatic heterocycles. The van der Waals surface area contributed by atoms with Crippen LogP contribution in [0.4, 0.5) is 5.69 Å². The number of aromatic nitrogens is 4. The molecule has 0 aliphatic carbocycles. The highest BCUT2D eigenvalue weighted by molar-refractivity contribution is 6.15. The van der Waals surface area contributed by atoms with Crippen LogP contribution < -0.4 is 14.8 Å². The molecule has 0 aliphatic rings. The molecule has 0 saturated carbocycles. The maximum Gasteiger partial charge on any atom is 0.260 e. The average molecular weight is 466 g/mol. The van der Waals surface area contributed by atoms with Crippen molar-refractivity contribution in [1.82, 2.24) is 19.5 Å². The van der Waals surface area contributed by atoms with Crippen molar-refractivity contribution in [3.63, 3.8) is 0 Å². The van der Waals surface area contributed by atoms with E-state index in [4.69, 9.17) is 9.47 Å². The molecule has 0 aliphatic heterocycles. The fourth-order valence-electron chi connectivity index (χ4n) is 3.82. The molecule has 5 aromatic rings. The number of fused-ring (bicyclic) bond motifs is 1. The van der Waals surface area contributed by atoms with Crippen molar-refractivity contribution < 1.29 is 14.3 Å². The number of rotatable bonds is 7. The van der Waals surface area contributed by atoms with Gasteiger partial charge in [-0.25, -0.2) is 15.0 Å². The molecule has 8 nitrogen and oxygen atoms in total. The minimum atomic E-state index is -0.241. The summed E-state index contributed by atoms with van der Waals surface area (Å²) < 4.78 is 13.5. The average Bonchev–Trinajstić information content (AvgIpc) is 3.31. The van der Waals surface area contributed by atoms with Gasteiger partial charge in [0.2, 0.25) is 5.88 Å². The van der Waals surface area contributed by atoms with Gasteiger partial charge in [-0.15, -0.1) is 0 Å². The molecule has 0 atom stereocenters. The van der Waals surface area contributed by atoms with Crippen LogP contribution in [0, 0.1) is 6.92 Å². The smallest absolute Gasteiger partial charge is 0.260 e. The number of aryl methyl sites for hydroxylation is 1. The minimum Gasteiger partial charge on any atom is -0.493 e. The van der Waals surface area contributed by atoms with Crippen molar-refractivity contribution in [3.8, 4) is 23.2 Å². The normalized spacial score (nSPS) is 10.8. The first-order chi connectivity index (χ1) is 17.1. The lowest BCUT2D eigenvalue weighted by Crippen LogP contribution is -2.14. The van der Waals surface area contributed by atoms with Gasteiger partial charge in [-0.1, -0.05) is 30.3 Å². The molecule has 35 heavy (non-hydrogen) atoms. The molecule has 0 unspecified atom stereocenters. The number of hydrogen-bond acceptors (Lipinski definition) is 6. The van der Waals surface area contributed by atoms with E-state index in [1.54, 1.807) is 36.5 Å². The largest absolute Gasteiger partial charge is 0.493 e. The second kappa shape index (κ2) is 9.64. The van der Waals surface area contributed by atoms with Crippen LogP contribution in [0.3, 0.4) is 0 Å². The Hall–Kier alpha value is -4.72. The zero-order valence-electron chi connectivity index (χ0n) is 19.3. The fourth-order valence-corrected chi connectivity index (χ4v) is 3.82. The number of carbonyl (C=O) groups is 1. The van der Waals surface area contributed by atoms with E-state index in [9.17, 15) is 4.79 Å². The van der Waals surface area contributed by atoms with Crippen molar-refractivity contribution >= 4 is 22.4 Å². The molecular weight excluding hydrogens is 442 g/mol. The first kappa shape index (κ1) is 22.1. The minimum absolute atomic E-state index is 0.241. The first-order valence-corrected chi connectivity index (χ1v) is 11.2. The summed E-state index contributed by atoms with van der Waals surface area (Å²) >= 11 is 0. The van der Waals surface area contributed by atoms with Crippen LogP contribution >= 0.6 is 0 Å². The van der Waals surface area contributed by atoms with Gasteiger partial charge in [0.1, 0.15) is 29.5 Å². The summed E-state index contributed by atoms with van der Waals surface area (Å²) in [5, 5.41) is 4.77. The van der Waals surface area contributed by atoms with Crippen molar-refractivity contribution in [1.29, 1.82) is 0 Å². The molecule has 3 aromatic carbocycles. The predicted octanol–water partition coefficient (Wildman–Crippen LogP) is 5.57. The number of anilines is 1. The lowest BCUT2D eigenvalue weighted by Gasteiger charge is -2.14. The summed E-state index contributed by atoms with van der Waals surface area (Å²) in [6.45, 7) is 4.26. The first-order valence-electron chi connectivity index (χ1n) is 11.2. The number of hydrogen-bond donors (Lipinski definition) is 1. The van der Waals surface area contributed by atoms with Gasteiger partial charge in [0, 0.05) is 24.1 Å². The van der Waals surface area contributed by atoms with Crippen LogP contribution in [0.2, 0.25) is 0 Å². The van der Waals surface area contributed by atoms with Crippen LogP contribution in [0.5, 0.6) is 17.4 Å². The Morgan fingerprint density at radius 1 is 1.00 bits per heavy atom. The molecule has 1 N–H and O–H groups in total. The van der Waals surface area contributed by atoms with Crippen LogP contribution in [0.25, 0.3) is 16.6 Å². The molecule has 8 heteroatoms. The van der Waals surface area contributed by atoms with Crippen molar-refractivity contribution in [2.24, 2.45) is 0 Å². The molecular formula is C27H23N5O3. The maximum atomic E-state index is 13.2. The fraction of sp³-hybridized carbons (Fsp3) is 0.111. The zero-order valence-corrected chi connectivity index (χ0v) is 19.3. The Balaban J connectivity index is 1.34. The molecule has 174 valence electrons. The number of carbonyl (C=O) groups excluding carboxylic acids is 1. The third kappa shape index (κ3) is 4.67. The van der Waals surface area contributed by atoms with Crippen molar-refractivity contribution in [2.75, 3.05) is 11.9 Å². The zero-order chi connectivity index (χ0) is 24.2. The lowest BCUT2D eigenvalue weighted by molar-refractivity contribution is 0.102. The highest BCUT2D eigenvalue weighted by Gasteiger charge is 2.17. The number of benzene rings is 3. The topological polar surface area (TPSA) is 91.2 Å². The van der Waals surface area contributed by atoms with E-state index in [0.717, 1.165) is 16.6 Å². The molecule has 0 saturated heterocycles. The van der Waals surface area contributed by atoms with E-state index in [1.165, 1.54) is 6.33 Å². The molecule has 2 heterocycles. The number of nitrogens with one attached hydrogen (secondary N) is 1. The van der Waals surface area contributed by atoms with Gasteiger partial charge in [-0.05, 0) is 55.0 Å². The Labute approximate surface area is 202 Å². The van der Waals surface area contributed by atoms with Gasteiger partial charge in [0.05, 0.1) is 12.2 Å². The summed E-state index contributed by atoms with van der Waals surface area (Å²) in [4.78, 5) is 25.9. The second-order valence-electron chi connectivity index (χ2n) is 7.73. The third-order valence-electron chi connectivity index (χ3n) is 5.45. The van der Waals surface area contributed by atoms with Gasteiger partial charge in [0.15, 0.2) is 0 Å². The number of imidazole rings is 1. The van der Waals surface area contributed by atoms with E-state index in [2.05, 4.69) is 20.3 Å². The Morgan fingerprint density at radius 3 is 2.60 bits per heavy atom. The summed E-state index contributed by atoms with van der Waals surface area (Å²) in [6.07, 6.45) is 4.98. The van der Waals surface area contributed by atoms with Gasteiger partial charge >= 0.3 is 0 Å². The highest BCUT2D eigenvalue weighted by atomic mass is 16.5. The van der Waals surface area contributed by atoms with Gasteiger partial charge < -0.3 is 14.8 Å².